The van der Waals surface area contributed by atoms with E-state index in [1.165, 1.54) is 37.2 Å². The van der Waals surface area contributed by atoms with E-state index in [0.29, 0.717) is 6.04 Å². The minimum atomic E-state index is 0.651. The van der Waals surface area contributed by atoms with Crippen LogP contribution in [0.15, 0.2) is 24.3 Å². The summed E-state index contributed by atoms with van der Waals surface area (Å²) in [5, 5.41) is 6.78. The molecule has 2 rings (SSSR count). The summed E-state index contributed by atoms with van der Waals surface area (Å²) in [6.45, 7) is 3.39. The van der Waals surface area contributed by atoms with Crippen LogP contribution in [0.5, 0.6) is 0 Å². The van der Waals surface area contributed by atoms with Gasteiger partial charge in [0.25, 0.3) is 0 Å². The maximum atomic E-state index is 3.64. The Labute approximate surface area is 104 Å². The van der Waals surface area contributed by atoms with Crippen LogP contribution in [0, 0.1) is 0 Å². The number of hydrogen-bond acceptors (Lipinski definition) is 3. The van der Waals surface area contributed by atoms with Gasteiger partial charge in [0.05, 0.1) is 0 Å². The first-order valence-electron chi connectivity index (χ1n) is 6.46. The Morgan fingerprint density at radius 1 is 1.29 bits per heavy atom. The van der Waals surface area contributed by atoms with Gasteiger partial charge in [-0.15, -0.1) is 0 Å². The van der Waals surface area contributed by atoms with E-state index >= 15 is 0 Å². The summed E-state index contributed by atoms with van der Waals surface area (Å²) in [5.41, 5.74) is 2.53. The fourth-order valence-corrected chi connectivity index (χ4v) is 2.38. The molecule has 1 atom stereocenters. The molecule has 1 aliphatic heterocycles. The summed E-state index contributed by atoms with van der Waals surface area (Å²) in [6, 6.07) is 9.28. The number of nitrogens with zero attached hydrogens (tertiary/aromatic N) is 1. The number of rotatable bonds is 4. The molecule has 1 unspecified atom stereocenters. The summed E-state index contributed by atoms with van der Waals surface area (Å²) < 4.78 is 0. The van der Waals surface area contributed by atoms with E-state index < -0.39 is 0 Å². The average molecular weight is 233 g/mol. The Hall–Kier alpha value is -1.06. The van der Waals surface area contributed by atoms with Crippen LogP contribution in [-0.2, 0) is 6.54 Å². The molecule has 94 valence electrons. The SMILES string of the molecule is CNc1ccc(CNC2CCCN(C)C2)cc1. The van der Waals surface area contributed by atoms with Crippen molar-refractivity contribution in [2.45, 2.75) is 25.4 Å². The monoisotopic (exact) mass is 233 g/mol. The quantitative estimate of drug-likeness (QED) is 0.832. The van der Waals surface area contributed by atoms with Crippen LogP contribution in [-0.4, -0.2) is 38.1 Å². The Morgan fingerprint density at radius 3 is 2.71 bits per heavy atom. The van der Waals surface area contributed by atoms with E-state index in [9.17, 15) is 0 Å². The third-order valence-corrected chi connectivity index (χ3v) is 3.46. The van der Waals surface area contributed by atoms with Crippen molar-refractivity contribution in [1.82, 2.24) is 10.2 Å². The lowest BCUT2D eigenvalue weighted by molar-refractivity contribution is 0.226. The molecule has 0 amide bonds. The lowest BCUT2D eigenvalue weighted by Crippen LogP contribution is -2.43. The number of nitrogens with one attached hydrogen (secondary N) is 2. The minimum Gasteiger partial charge on any atom is -0.388 e. The molecule has 17 heavy (non-hydrogen) atoms. The van der Waals surface area contributed by atoms with E-state index in [1.54, 1.807) is 0 Å². The topological polar surface area (TPSA) is 27.3 Å². The molecule has 0 spiro atoms. The smallest absolute Gasteiger partial charge is 0.0337 e. The highest BCUT2D eigenvalue weighted by molar-refractivity contribution is 5.43. The molecule has 0 saturated carbocycles. The number of piperidine rings is 1. The van der Waals surface area contributed by atoms with Gasteiger partial charge in [0.2, 0.25) is 0 Å². The Balaban J connectivity index is 1.80. The lowest BCUT2D eigenvalue weighted by Gasteiger charge is -2.30. The van der Waals surface area contributed by atoms with Gasteiger partial charge in [-0.2, -0.15) is 0 Å². The largest absolute Gasteiger partial charge is 0.388 e. The minimum absolute atomic E-state index is 0.651. The fraction of sp³-hybridized carbons (Fsp3) is 0.571. The van der Waals surface area contributed by atoms with Crippen molar-refractivity contribution in [3.8, 4) is 0 Å². The van der Waals surface area contributed by atoms with Crippen LogP contribution < -0.4 is 10.6 Å². The third kappa shape index (κ3) is 3.72. The first kappa shape index (κ1) is 12.4. The number of likely N-dealkylation sites (N-methyl/N-ethyl adjacent to an activating group) is 1. The van der Waals surface area contributed by atoms with Gasteiger partial charge >= 0.3 is 0 Å². The highest BCUT2D eigenvalue weighted by atomic mass is 15.1. The molecule has 1 aromatic rings. The van der Waals surface area contributed by atoms with Crippen LogP contribution in [0.25, 0.3) is 0 Å². The summed E-state index contributed by atoms with van der Waals surface area (Å²) in [4.78, 5) is 2.41. The van der Waals surface area contributed by atoms with Crippen molar-refractivity contribution in [3.63, 3.8) is 0 Å². The van der Waals surface area contributed by atoms with E-state index in [2.05, 4.69) is 46.8 Å². The normalized spacial score (nSPS) is 21.4. The van der Waals surface area contributed by atoms with Crippen LogP contribution in [0.2, 0.25) is 0 Å². The fourth-order valence-electron chi connectivity index (χ4n) is 2.38. The average Bonchev–Trinajstić information content (AvgIpc) is 2.37. The van der Waals surface area contributed by atoms with E-state index in [4.69, 9.17) is 0 Å². The molecule has 0 bridgehead atoms. The highest BCUT2D eigenvalue weighted by Gasteiger charge is 2.15. The maximum absolute atomic E-state index is 3.64. The van der Waals surface area contributed by atoms with Gasteiger partial charge in [-0.25, -0.2) is 0 Å². The maximum Gasteiger partial charge on any atom is 0.0337 e. The van der Waals surface area contributed by atoms with Gasteiger partial charge in [-0.3, -0.25) is 0 Å². The van der Waals surface area contributed by atoms with Crippen molar-refractivity contribution < 1.29 is 0 Å². The molecule has 0 aliphatic carbocycles. The molecule has 2 N–H and O–H groups in total. The second-order valence-corrected chi connectivity index (χ2v) is 4.93. The summed E-state index contributed by atoms with van der Waals surface area (Å²) in [7, 11) is 4.15. The van der Waals surface area contributed by atoms with Gasteiger partial charge in [-0.1, -0.05) is 12.1 Å². The number of anilines is 1. The first-order valence-corrected chi connectivity index (χ1v) is 6.46. The van der Waals surface area contributed by atoms with Crippen molar-refractivity contribution in [1.29, 1.82) is 0 Å². The Kier molecular flexibility index (Phi) is 4.40. The van der Waals surface area contributed by atoms with Crippen LogP contribution >= 0.6 is 0 Å². The van der Waals surface area contributed by atoms with Crippen LogP contribution in [0.1, 0.15) is 18.4 Å². The van der Waals surface area contributed by atoms with Gasteiger partial charge in [0.1, 0.15) is 0 Å². The molecule has 1 heterocycles. The van der Waals surface area contributed by atoms with Gasteiger partial charge in [0, 0.05) is 31.9 Å². The number of likely N-dealkylation sites (tertiary alicyclic amines) is 1. The van der Waals surface area contributed by atoms with Gasteiger partial charge in [0.15, 0.2) is 0 Å². The zero-order chi connectivity index (χ0) is 12.1. The number of benzene rings is 1. The Morgan fingerprint density at radius 2 is 2.06 bits per heavy atom. The Bertz CT molecular complexity index is 334. The summed E-state index contributed by atoms with van der Waals surface area (Å²) in [6.07, 6.45) is 2.62. The summed E-state index contributed by atoms with van der Waals surface area (Å²) in [5.74, 6) is 0. The molecule has 0 radical (unpaired) electrons. The van der Waals surface area contributed by atoms with Gasteiger partial charge in [-0.05, 0) is 44.1 Å². The standard InChI is InChI=1S/C14H23N3/c1-15-13-7-5-12(6-8-13)10-16-14-4-3-9-17(2)11-14/h5-8,14-16H,3-4,9-11H2,1-2H3. The molecule has 3 heteroatoms. The van der Waals surface area contributed by atoms with Crippen molar-refractivity contribution in [2.24, 2.45) is 0 Å². The first-order chi connectivity index (χ1) is 8.28. The molecule has 3 nitrogen and oxygen atoms in total. The van der Waals surface area contributed by atoms with Crippen LogP contribution in [0.4, 0.5) is 5.69 Å². The molecular weight excluding hydrogens is 210 g/mol. The van der Waals surface area contributed by atoms with Crippen LogP contribution in [0.3, 0.4) is 0 Å². The van der Waals surface area contributed by atoms with E-state index in [-0.39, 0.29) is 0 Å². The van der Waals surface area contributed by atoms with Crippen molar-refractivity contribution in [3.05, 3.63) is 29.8 Å². The second-order valence-electron chi connectivity index (χ2n) is 4.93. The lowest BCUT2D eigenvalue weighted by atomic mass is 10.1. The van der Waals surface area contributed by atoms with Crippen molar-refractivity contribution >= 4 is 5.69 Å². The predicted molar refractivity (Wildman–Crippen MR) is 73.3 cm³/mol. The van der Waals surface area contributed by atoms with E-state index in [1.807, 2.05) is 7.05 Å². The highest BCUT2D eigenvalue weighted by Crippen LogP contribution is 2.11. The predicted octanol–water partition coefficient (Wildman–Crippen LogP) is 1.91. The number of hydrogen-bond donors (Lipinski definition) is 2. The molecule has 1 aromatic carbocycles. The molecular formula is C14H23N3. The zero-order valence-electron chi connectivity index (χ0n) is 10.9. The molecule has 1 fully saturated rings. The molecule has 1 aliphatic rings. The summed E-state index contributed by atoms with van der Waals surface area (Å²) >= 11 is 0. The third-order valence-electron chi connectivity index (χ3n) is 3.46. The zero-order valence-corrected chi connectivity index (χ0v) is 10.9. The molecule has 0 aromatic heterocycles. The van der Waals surface area contributed by atoms with Crippen molar-refractivity contribution in [2.75, 3.05) is 32.5 Å². The molecule has 1 saturated heterocycles. The van der Waals surface area contributed by atoms with Gasteiger partial charge < -0.3 is 15.5 Å². The van der Waals surface area contributed by atoms with E-state index in [0.717, 1.165) is 6.54 Å². The second kappa shape index (κ2) is 6.03.